The molecule has 0 spiro atoms. The lowest BCUT2D eigenvalue weighted by molar-refractivity contribution is -0.383. The van der Waals surface area contributed by atoms with Crippen LogP contribution in [0.4, 0.5) is 11.4 Å². The van der Waals surface area contributed by atoms with Gasteiger partial charge in [-0.25, -0.2) is 0 Å². The number of nitrogens with zero attached hydrogens (tertiary/aromatic N) is 2. The zero-order valence-electron chi connectivity index (χ0n) is 11.7. The van der Waals surface area contributed by atoms with Crippen molar-refractivity contribution in [2.45, 2.75) is 19.4 Å². The van der Waals surface area contributed by atoms with E-state index in [1.54, 1.807) is 12.1 Å². The van der Waals surface area contributed by atoms with E-state index in [0.29, 0.717) is 6.54 Å². The average molecular weight is 279 g/mol. The number of likely N-dealkylation sites (N-methyl/N-ethyl adjacent to an activating group) is 1. The fourth-order valence-corrected chi connectivity index (χ4v) is 2.01. The second-order valence-electron chi connectivity index (χ2n) is 5.41. The lowest BCUT2D eigenvalue weighted by Gasteiger charge is -2.17. The molecule has 0 aromatic heterocycles. The van der Waals surface area contributed by atoms with Crippen molar-refractivity contribution >= 4 is 11.4 Å². The van der Waals surface area contributed by atoms with Gasteiger partial charge in [-0.15, -0.1) is 0 Å². The molecule has 2 rings (SSSR count). The van der Waals surface area contributed by atoms with Gasteiger partial charge in [0, 0.05) is 25.8 Å². The normalized spacial score (nSPS) is 14.7. The van der Waals surface area contributed by atoms with Gasteiger partial charge in [-0.1, -0.05) is 6.07 Å². The van der Waals surface area contributed by atoms with E-state index < -0.39 is 4.92 Å². The first-order valence-corrected chi connectivity index (χ1v) is 6.85. The Morgan fingerprint density at radius 2 is 2.25 bits per heavy atom. The van der Waals surface area contributed by atoms with Crippen LogP contribution in [-0.2, 0) is 11.3 Å². The molecule has 0 unspecified atom stereocenters. The first-order valence-electron chi connectivity index (χ1n) is 6.85. The van der Waals surface area contributed by atoms with Crippen LogP contribution >= 0.6 is 0 Å². The van der Waals surface area contributed by atoms with Gasteiger partial charge in [0.15, 0.2) is 0 Å². The average Bonchev–Trinajstić information content (AvgIpc) is 3.18. The molecule has 1 aromatic rings. The predicted molar refractivity (Wildman–Crippen MR) is 77.4 cm³/mol. The van der Waals surface area contributed by atoms with Crippen LogP contribution in [0.3, 0.4) is 0 Å². The molecule has 1 saturated carbocycles. The highest BCUT2D eigenvalue weighted by molar-refractivity contribution is 5.59. The summed E-state index contributed by atoms with van der Waals surface area (Å²) in [6.45, 7) is 3.13. The molecule has 20 heavy (non-hydrogen) atoms. The Morgan fingerprint density at radius 3 is 2.85 bits per heavy atom. The van der Waals surface area contributed by atoms with Crippen LogP contribution in [0.1, 0.15) is 18.4 Å². The molecule has 6 nitrogen and oxygen atoms in total. The molecule has 1 aromatic carbocycles. The summed E-state index contributed by atoms with van der Waals surface area (Å²) < 4.78 is 5.58. The Hall–Kier alpha value is -1.66. The Kier molecular flexibility index (Phi) is 4.92. The summed E-state index contributed by atoms with van der Waals surface area (Å²) in [6, 6.07) is 4.87. The molecule has 1 fully saturated rings. The molecule has 1 aliphatic carbocycles. The Labute approximate surface area is 118 Å². The minimum atomic E-state index is -0.464. The minimum Gasteiger partial charge on any atom is -0.393 e. The van der Waals surface area contributed by atoms with Gasteiger partial charge in [-0.05, 0) is 37.4 Å². The van der Waals surface area contributed by atoms with Crippen molar-refractivity contribution in [2.24, 2.45) is 5.92 Å². The third-order valence-electron chi connectivity index (χ3n) is 3.41. The first kappa shape index (κ1) is 14.7. The Bertz CT molecular complexity index is 475. The number of rotatable bonds is 8. The molecule has 0 heterocycles. The molecule has 110 valence electrons. The van der Waals surface area contributed by atoms with Crippen molar-refractivity contribution in [3.05, 3.63) is 33.9 Å². The van der Waals surface area contributed by atoms with Crippen molar-refractivity contribution in [1.82, 2.24) is 4.90 Å². The number of hydrogen-bond donors (Lipinski definition) is 1. The lowest BCUT2D eigenvalue weighted by Crippen LogP contribution is -2.23. The van der Waals surface area contributed by atoms with E-state index in [4.69, 9.17) is 10.5 Å². The molecule has 0 atom stereocenters. The van der Waals surface area contributed by atoms with Gasteiger partial charge in [-0.3, -0.25) is 15.0 Å². The van der Waals surface area contributed by atoms with Crippen molar-refractivity contribution in [3.8, 4) is 0 Å². The highest BCUT2D eigenvalue weighted by Crippen LogP contribution is 2.28. The second kappa shape index (κ2) is 6.67. The summed E-state index contributed by atoms with van der Waals surface area (Å²) >= 11 is 0. The van der Waals surface area contributed by atoms with E-state index in [2.05, 4.69) is 4.90 Å². The van der Waals surface area contributed by atoms with Crippen LogP contribution in [0.2, 0.25) is 0 Å². The van der Waals surface area contributed by atoms with Gasteiger partial charge in [0.1, 0.15) is 5.69 Å². The van der Waals surface area contributed by atoms with Crippen molar-refractivity contribution < 1.29 is 9.66 Å². The van der Waals surface area contributed by atoms with Crippen LogP contribution in [0.5, 0.6) is 0 Å². The molecule has 0 bridgehead atoms. The Morgan fingerprint density at radius 1 is 1.50 bits per heavy atom. The summed E-state index contributed by atoms with van der Waals surface area (Å²) in [4.78, 5) is 12.3. The van der Waals surface area contributed by atoms with Crippen LogP contribution in [0.25, 0.3) is 0 Å². The summed E-state index contributed by atoms with van der Waals surface area (Å²) in [6.07, 6.45) is 2.61. The summed E-state index contributed by atoms with van der Waals surface area (Å²) in [5, 5.41) is 10.7. The van der Waals surface area contributed by atoms with Gasteiger partial charge in [0.25, 0.3) is 5.69 Å². The molecule has 0 radical (unpaired) electrons. The van der Waals surface area contributed by atoms with E-state index in [0.717, 1.165) is 31.2 Å². The summed E-state index contributed by atoms with van der Waals surface area (Å²) in [7, 11) is 2.00. The van der Waals surface area contributed by atoms with Gasteiger partial charge in [0.2, 0.25) is 0 Å². The van der Waals surface area contributed by atoms with E-state index in [-0.39, 0.29) is 11.4 Å². The van der Waals surface area contributed by atoms with Crippen molar-refractivity contribution in [3.63, 3.8) is 0 Å². The number of ether oxygens (including phenoxy) is 1. The fourth-order valence-electron chi connectivity index (χ4n) is 2.01. The number of nitrogen functional groups attached to an aromatic ring is 1. The molecular formula is C14H21N3O3. The topological polar surface area (TPSA) is 81.6 Å². The molecule has 0 amide bonds. The van der Waals surface area contributed by atoms with E-state index in [9.17, 15) is 10.1 Å². The van der Waals surface area contributed by atoms with E-state index >= 15 is 0 Å². The summed E-state index contributed by atoms with van der Waals surface area (Å²) in [5.41, 5.74) is 6.82. The van der Waals surface area contributed by atoms with Crippen molar-refractivity contribution in [2.75, 3.05) is 32.5 Å². The standard InChI is InChI=1S/C14H21N3O3/c1-16(6-7-20-10-11-2-3-11)9-12-4-5-14(17(18)19)13(15)8-12/h4-5,8,11H,2-3,6-7,9-10,15H2,1H3. The Balaban J connectivity index is 1.76. The predicted octanol–water partition coefficient (Wildman–Crippen LogP) is 2.04. The van der Waals surface area contributed by atoms with E-state index in [1.165, 1.54) is 18.9 Å². The first-order chi connectivity index (χ1) is 9.56. The lowest BCUT2D eigenvalue weighted by atomic mass is 10.1. The van der Waals surface area contributed by atoms with Crippen LogP contribution in [-0.4, -0.2) is 36.6 Å². The zero-order valence-corrected chi connectivity index (χ0v) is 11.7. The van der Waals surface area contributed by atoms with Gasteiger partial charge < -0.3 is 10.5 Å². The zero-order chi connectivity index (χ0) is 14.5. The number of nitro groups is 1. The highest BCUT2D eigenvalue weighted by Gasteiger charge is 2.21. The quantitative estimate of drug-likeness (QED) is 0.341. The van der Waals surface area contributed by atoms with E-state index in [1.807, 2.05) is 7.05 Å². The largest absolute Gasteiger partial charge is 0.393 e. The molecule has 0 aliphatic heterocycles. The maximum Gasteiger partial charge on any atom is 0.292 e. The number of benzene rings is 1. The maximum atomic E-state index is 10.7. The monoisotopic (exact) mass is 279 g/mol. The van der Waals surface area contributed by atoms with Crippen LogP contribution < -0.4 is 5.73 Å². The maximum absolute atomic E-state index is 10.7. The molecular weight excluding hydrogens is 258 g/mol. The van der Waals surface area contributed by atoms with Crippen LogP contribution in [0.15, 0.2) is 18.2 Å². The number of nitro benzene ring substituents is 1. The highest BCUT2D eigenvalue weighted by atomic mass is 16.6. The van der Waals surface area contributed by atoms with Gasteiger partial charge in [-0.2, -0.15) is 0 Å². The third kappa shape index (κ3) is 4.47. The number of anilines is 1. The molecule has 6 heteroatoms. The molecule has 2 N–H and O–H groups in total. The van der Waals surface area contributed by atoms with Crippen molar-refractivity contribution in [1.29, 1.82) is 0 Å². The minimum absolute atomic E-state index is 0.0378. The molecule has 1 aliphatic rings. The van der Waals surface area contributed by atoms with Gasteiger partial charge >= 0.3 is 0 Å². The number of hydrogen-bond acceptors (Lipinski definition) is 5. The smallest absolute Gasteiger partial charge is 0.292 e. The fraction of sp³-hybridized carbons (Fsp3) is 0.571. The molecule has 0 saturated heterocycles. The van der Waals surface area contributed by atoms with Gasteiger partial charge in [0.05, 0.1) is 11.5 Å². The summed E-state index contributed by atoms with van der Waals surface area (Å²) in [5.74, 6) is 0.787. The second-order valence-corrected chi connectivity index (χ2v) is 5.41. The van der Waals surface area contributed by atoms with Crippen LogP contribution in [0, 0.1) is 16.0 Å². The number of nitrogens with two attached hydrogens (primary N) is 1. The SMILES string of the molecule is CN(CCOCC1CC1)Cc1ccc([N+](=O)[O-])c(N)c1. The third-order valence-corrected chi connectivity index (χ3v) is 3.41.